The molecule has 0 saturated carbocycles. The van der Waals surface area contributed by atoms with Crippen molar-refractivity contribution in [2.75, 3.05) is 6.61 Å². The molecular formula is C16H14F3NO3. The van der Waals surface area contributed by atoms with Crippen molar-refractivity contribution in [3.8, 4) is 5.75 Å². The fraction of sp³-hybridized carbons (Fsp3) is 0.188. The van der Waals surface area contributed by atoms with Gasteiger partial charge in [-0.15, -0.1) is 0 Å². The number of carbonyl (C=O) groups excluding carboxylic acids is 1. The Morgan fingerprint density at radius 1 is 1.17 bits per heavy atom. The number of halogens is 3. The lowest BCUT2D eigenvalue weighted by Crippen LogP contribution is -2.31. The van der Waals surface area contributed by atoms with Crippen LogP contribution in [0.15, 0.2) is 30.3 Å². The van der Waals surface area contributed by atoms with Crippen LogP contribution in [0.3, 0.4) is 0 Å². The Labute approximate surface area is 130 Å². The minimum atomic E-state index is -1.63. The Bertz CT molecular complexity index is 726. The smallest absolute Gasteiger partial charge is 0.255 e. The van der Waals surface area contributed by atoms with E-state index in [2.05, 4.69) is 5.32 Å². The molecule has 2 aromatic rings. The average molecular weight is 325 g/mol. The van der Waals surface area contributed by atoms with Crippen LogP contribution in [-0.2, 0) is 0 Å². The van der Waals surface area contributed by atoms with Crippen LogP contribution in [0.5, 0.6) is 5.75 Å². The van der Waals surface area contributed by atoms with Gasteiger partial charge >= 0.3 is 0 Å². The van der Waals surface area contributed by atoms with Gasteiger partial charge < -0.3 is 15.5 Å². The Hall–Kier alpha value is -2.54. The van der Waals surface area contributed by atoms with E-state index in [0.717, 1.165) is 0 Å². The molecule has 0 fully saturated rings. The van der Waals surface area contributed by atoms with Crippen LogP contribution in [0.25, 0.3) is 0 Å². The first-order chi connectivity index (χ1) is 10.8. The van der Waals surface area contributed by atoms with Gasteiger partial charge in [0.05, 0.1) is 18.2 Å². The number of aromatic hydroxyl groups is 1. The van der Waals surface area contributed by atoms with Crippen LogP contribution in [-0.4, -0.2) is 22.7 Å². The zero-order valence-electron chi connectivity index (χ0n) is 12.1. The van der Waals surface area contributed by atoms with E-state index in [-0.39, 0.29) is 16.9 Å². The number of phenols is 1. The molecule has 2 rings (SSSR count). The summed E-state index contributed by atoms with van der Waals surface area (Å²) in [5.74, 6) is -5.50. The van der Waals surface area contributed by atoms with Crippen LogP contribution in [0.4, 0.5) is 13.2 Å². The van der Waals surface area contributed by atoms with Gasteiger partial charge in [0.1, 0.15) is 5.75 Å². The molecule has 1 unspecified atom stereocenters. The van der Waals surface area contributed by atoms with E-state index < -0.39 is 36.0 Å². The van der Waals surface area contributed by atoms with Gasteiger partial charge in [-0.1, -0.05) is 11.6 Å². The fourth-order valence-electron chi connectivity index (χ4n) is 2.08. The molecule has 4 nitrogen and oxygen atoms in total. The first-order valence-electron chi connectivity index (χ1n) is 6.69. The molecule has 0 spiro atoms. The quantitative estimate of drug-likeness (QED) is 0.757. The SMILES string of the molecule is Cc1ccc(O)c(C(=O)NC(CO)c2cc(F)c(F)c(F)c2)c1. The number of nitrogens with one attached hydrogen (secondary N) is 1. The third-order valence-electron chi connectivity index (χ3n) is 3.29. The maximum atomic E-state index is 13.3. The van der Waals surface area contributed by atoms with Crippen molar-refractivity contribution in [2.24, 2.45) is 0 Å². The van der Waals surface area contributed by atoms with Crippen LogP contribution in [0.2, 0.25) is 0 Å². The third kappa shape index (κ3) is 3.62. The van der Waals surface area contributed by atoms with Crippen molar-refractivity contribution in [3.63, 3.8) is 0 Å². The second-order valence-corrected chi connectivity index (χ2v) is 5.03. The Balaban J connectivity index is 2.29. The number of carbonyl (C=O) groups is 1. The highest BCUT2D eigenvalue weighted by atomic mass is 19.2. The largest absolute Gasteiger partial charge is 0.507 e. The van der Waals surface area contributed by atoms with Gasteiger partial charge in [0, 0.05) is 0 Å². The normalized spacial score (nSPS) is 12.0. The van der Waals surface area contributed by atoms with Gasteiger partial charge in [-0.05, 0) is 36.8 Å². The molecule has 0 radical (unpaired) electrons. The summed E-state index contributed by atoms with van der Waals surface area (Å²) in [6.45, 7) is 1.05. The van der Waals surface area contributed by atoms with Gasteiger partial charge in [0.15, 0.2) is 17.5 Å². The molecule has 1 amide bonds. The number of phenolic OH excluding ortho intramolecular Hbond substituents is 1. The minimum absolute atomic E-state index is 0.0495. The van der Waals surface area contributed by atoms with Gasteiger partial charge in [-0.2, -0.15) is 0 Å². The molecule has 1 atom stereocenters. The summed E-state index contributed by atoms with van der Waals surface area (Å²) in [7, 11) is 0. The molecule has 0 bridgehead atoms. The van der Waals surface area contributed by atoms with E-state index in [9.17, 15) is 28.2 Å². The molecule has 122 valence electrons. The van der Waals surface area contributed by atoms with Crippen molar-refractivity contribution in [1.82, 2.24) is 5.32 Å². The van der Waals surface area contributed by atoms with Gasteiger partial charge in [0.2, 0.25) is 0 Å². The van der Waals surface area contributed by atoms with E-state index in [1.807, 2.05) is 0 Å². The highest BCUT2D eigenvalue weighted by Crippen LogP contribution is 2.22. The monoisotopic (exact) mass is 325 g/mol. The van der Waals surface area contributed by atoms with Crippen LogP contribution in [0, 0.1) is 24.4 Å². The Kier molecular flexibility index (Phi) is 4.90. The van der Waals surface area contributed by atoms with Crippen molar-refractivity contribution in [2.45, 2.75) is 13.0 Å². The lowest BCUT2D eigenvalue weighted by molar-refractivity contribution is 0.0913. The molecule has 0 aliphatic heterocycles. The summed E-state index contributed by atoms with van der Waals surface area (Å²) < 4.78 is 39.5. The summed E-state index contributed by atoms with van der Waals surface area (Å²) in [6, 6.07) is 4.57. The summed E-state index contributed by atoms with van der Waals surface area (Å²) in [5, 5.41) is 21.4. The van der Waals surface area contributed by atoms with Gasteiger partial charge in [-0.3, -0.25) is 4.79 Å². The standard InChI is InChI=1S/C16H14F3NO3/c1-8-2-3-14(22)10(4-8)16(23)20-13(7-21)9-5-11(17)15(19)12(18)6-9/h2-6,13,21-22H,7H2,1H3,(H,20,23). The number of aliphatic hydroxyl groups excluding tert-OH is 1. The highest BCUT2D eigenvalue weighted by molar-refractivity contribution is 5.97. The molecule has 7 heteroatoms. The maximum Gasteiger partial charge on any atom is 0.255 e. The second kappa shape index (κ2) is 6.70. The fourth-order valence-corrected chi connectivity index (χ4v) is 2.08. The topological polar surface area (TPSA) is 69.6 Å². The van der Waals surface area contributed by atoms with Crippen molar-refractivity contribution in [3.05, 3.63) is 64.5 Å². The van der Waals surface area contributed by atoms with Crippen molar-refractivity contribution < 1.29 is 28.2 Å². The number of rotatable bonds is 4. The number of amides is 1. The molecule has 2 aromatic carbocycles. The number of hydrogen-bond donors (Lipinski definition) is 3. The highest BCUT2D eigenvalue weighted by Gasteiger charge is 2.20. The van der Waals surface area contributed by atoms with Gasteiger partial charge in [-0.25, -0.2) is 13.2 Å². The van der Waals surface area contributed by atoms with Crippen LogP contribution in [0.1, 0.15) is 27.5 Å². The van der Waals surface area contributed by atoms with E-state index in [4.69, 9.17) is 0 Å². The third-order valence-corrected chi connectivity index (χ3v) is 3.29. The first-order valence-corrected chi connectivity index (χ1v) is 6.69. The van der Waals surface area contributed by atoms with Crippen molar-refractivity contribution >= 4 is 5.91 Å². The average Bonchev–Trinajstić information content (AvgIpc) is 2.51. The molecule has 23 heavy (non-hydrogen) atoms. The predicted octanol–water partition coefficient (Wildman–Crippen LogP) is 2.58. The Morgan fingerprint density at radius 3 is 2.35 bits per heavy atom. The molecule has 0 heterocycles. The maximum absolute atomic E-state index is 13.3. The zero-order chi connectivity index (χ0) is 17.1. The first kappa shape index (κ1) is 16.8. The molecule has 0 aliphatic rings. The van der Waals surface area contributed by atoms with E-state index >= 15 is 0 Å². The van der Waals surface area contributed by atoms with E-state index in [0.29, 0.717) is 17.7 Å². The number of hydrogen-bond acceptors (Lipinski definition) is 3. The lowest BCUT2D eigenvalue weighted by Gasteiger charge is -2.18. The van der Waals surface area contributed by atoms with E-state index in [1.54, 1.807) is 13.0 Å². The molecule has 0 saturated heterocycles. The summed E-state index contributed by atoms with van der Waals surface area (Å²) in [4.78, 5) is 12.2. The zero-order valence-corrected chi connectivity index (χ0v) is 12.1. The molecular weight excluding hydrogens is 311 g/mol. The summed E-state index contributed by atoms with van der Waals surface area (Å²) >= 11 is 0. The predicted molar refractivity (Wildman–Crippen MR) is 76.5 cm³/mol. The molecule has 0 aliphatic carbocycles. The molecule has 0 aromatic heterocycles. The lowest BCUT2D eigenvalue weighted by atomic mass is 10.1. The summed E-state index contributed by atoms with van der Waals surface area (Å²) in [6.07, 6.45) is 0. The Morgan fingerprint density at radius 2 is 1.78 bits per heavy atom. The number of benzene rings is 2. The minimum Gasteiger partial charge on any atom is -0.507 e. The number of aliphatic hydroxyl groups is 1. The second-order valence-electron chi connectivity index (χ2n) is 5.03. The van der Waals surface area contributed by atoms with Gasteiger partial charge in [0.25, 0.3) is 5.91 Å². The van der Waals surface area contributed by atoms with Crippen LogP contribution >= 0.6 is 0 Å². The van der Waals surface area contributed by atoms with Crippen LogP contribution < -0.4 is 5.32 Å². The molecule has 3 N–H and O–H groups in total. The summed E-state index contributed by atoms with van der Waals surface area (Å²) in [5.41, 5.74) is 0.531. The van der Waals surface area contributed by atoms with Crippen molar-refractivity contribution in [1.29, 1.82) is 0 Å². The number of aryl methyl sites for hydroxylation is 1. The van der Waals surface area contributed by atoms with E-state index in [1.165, 1.54) is 12.1 Å².